The number of carboxylic acid groups (broad SMARTS) is 1. The van der Waals surface area contributed by atoms with E-state index >= 15 is 0 Å². The molecule has 1 fully saturated rings. The van der Waals surface area contributed by atoms with Gasteiger partial charge in [-0.2, -0.15) is 9.40 Å². The van der Waals surface area contributed by atoms with Crippen LogP contribution in [0, 0.1) is 6.92 Å². The summed E-state index contributed by atoms with van der Waals surface area (Å²) >= 11 is 6.00. The van der Waals surface area contributed by atoms with Gasteiger partial charge in [0.25, 0.3) is 0 Å². The summed E-state index contributed by atoms with van der Waals surface area (Å²) in [5.41, 5.74) is 3.12. The number of nitrogens with zero attached hydrogens (tertiary/aromatic N) is 3. The highest BCUT2D eigenvalue weighted by Gasteiger charge is 2.29. The van der Waals surface area contributed by atoms with Gasteiger partial charge in [-0.25, -0.2) is 8.42 Å². The Balaban J connectivity index is 1.74. The summed E-state index contributed by atoms with van der Waals surface area (Å²) in [6.07, 6.45) is -0.197. The fourth-order valence-electron chi connectivity index (χ4n) is 3.91. The van der Waals surface area contributed by atoms with Crippen LogP contribution >= 0.6 is 11.6 Å². The standard InChI is InChI=1S/C23H24ClN3O5S/c1-16-20(14-22(28)29)23(17-6-8-19(24)9-7-17)25-27(16)15-18-4-2-3-5-21(18)33(30,31)26-10-12-32-13-11-26/h2-9H,10-15H2,1H3,(H,28,29). The van der Waals surface area contributed by atoms with E-state index in [4.69, 9.17) is 16.3 Å². The summed E-state index contributed by atoms with van der Waals surface area (Å²) in [6.45, 7) is 3.32. The number of aromatic nitrogens is 2. The quantitative estimate of drug-likeness (QED) is 0.546. The molecule has 8 nitrogen and oxygen atoms in total. The van der Waals surface area contributed by atoms with E-state index in [1.54, 1.807) is 60.1 Å². The fourth-order valence-corrected chi connectivity index (χ4v) is 5.66. The van der Waals surface area contributed by atoms with Gasteiger partial charge in [0.2, 0.25) is 10.0 Å². The van der Waals surface area contributed by atoms with E-state index in [-0.39, 0.29) is 17.9 Å². The molecule has 0 spiro atoms. The topological polar surface area (TPSA) is 102 Å². The Hall–Kier alpha value is -2.72. The number of carbonyl (C=O) groups is 1. The van der Waals surface area contributed by atoms with Gasteiger partial charge in [0.15, 0.2) is 0 Å². The van der Waals surface area contributed by atoms with Crippen LogP contribution in [-0.4, -0.2) is 59.9 Å². The van der Waals surface area contributed by atoms with Crippen molar-refractivity contribution in [2.45, 2.75) is 24.8 Å². The van der Waals surface area contributed by atoms with Gasteiger partial charge in [0, 0.05) is 34.9 Å². The average Bonchev–Trinajstić information content (AvgIpc) is 3.10. The van der Waals surface area contributed by atoms with Crippen molar-refractivity contribution < 1.29 is 23.1 Å². The van der Waals surface area contributed by atoms with Gasteiger partial charge in [0.05, 0.1) is 36.8 Å². The van der Waals surface area contributed by atoms with Gasteiger partial charge < -0.3 is 9.84 Å². The number of carboxylic acids is 1. The lowest BCUT2D eigenvalue weighted by atomic mass is 10.0. The van der Waals surface area contributed by atoms with Gasteiger partial charge in [-0.3, -0.25) is 9.48 Å². The molecule has 0 radical (unpaired) electrons. The minimum absolute atomic E-state index is 0.186. The number of halogens is 1. The van der Waals surface area contributed by atoms with Crippen molar-refractivity contribution in [3.63, 3.8) is 0 Å². The van der Waals surface area contributed by atoms with E-state index < -0.39 is 16.0 Å². The van der Waals surface area contributed by atoms with Gasteiger partial charge in [-0.05, 0) is 30.7 Å². The molecule has 1 N–H and O–H groups in total. The van der Waals surface area contributed by atoms with Crippen molar-refractivity contribution in [3.05, 3.63) is 70.4 Å². The summed E-state index contributed by atoms with van der Waals surface area (Å²) < 4.78 is 35.0. The Labute approximate surface area is 197 Å². The predicted molar refractivity (Wildman–Crippen MR) is 124 cm³/mol. The molecule has 0 aliphatic carbocycles. The van der Waals surface area contributed by atoms with E-state index in [1.807, 2.05) is 0 Å². The van der Waals surface area contributed by atoms with Crippen molar-refractivity contribution in [1.82, 2.24) is 14.1 Å². The first-order chi connectivity index (χ1) is 15.8. The van der Waals surface area contributed by atoms with Crippen molar-refractivity contribution in [2.75, 3.05) is 26.3 Å². The van der Waals surface area contributed by atoms with Crippen LogP contribution in [0.4, 0.5) is 0 Å². The van der Waals surface area contributed by atoms with Crippen LogP contribution in [0.2, 0.25) is 5.02 Å². The number of hydrogen-bond donors (Lipinski definition) is 1. The van der Waals surface area contributed by atoms with Crippen molar-refractivity contribution >= 4 is 27.6 Å². The van der Waals surface area contributed by atoms with Crippen molar-refractivity contribution in [2.24, 2.45) is 0 Å². The molecule has 0 saturated carbocycles. The van der Waals surface area contributed by atoms with Gasteiger partial charge in [0.1, 0.15) is 0 Å². The molecule has 1 aliphatic heterocycles. The molecule has 4 rings (SSSR count). The summed E-state index contributed by atoms with van der Waals surface area (Å²) in [6, 6.07) is 13.9. The monoisotopic (exact) mass is 489 g/mol. The van der Waals surface area contributed by atoms with Gasteiger partial charge >= 0.3 is 5.97 Å². The lowest BCUT2D eigenvalue weighted by Crippen LogP contribution is -2.41. The first-order valence-corrected chi connectivity index (χ1v) is 12.3. The molecule has 1 saturated heterocycles. The lowest BCUT2D eigenvalue weighted by molar-refractivity contribution is -0.136. The molecule has 3 aromatic rings. The highest BCUT2D eigenvalue weighted by atomic mass is 35.5. The molecule has 0 amide bonds. The van der Waals surface area contributed by atoms with E-state index in [0.29, 0.717) is 53.8 Å². The largest absolute Gasteiger partial charge is 0.481 e. The van der Waals surface area contributed by atoms with E-state index in [2.05, 4.69) is 5.10 Å². The van der Waals surface area contributed by atoms with Crippen LogP contribution in [0.1, 0.15) is 16.8 Å². The van der Waals surface area contributed by atoms with E-state index in [0.717, 1.165) is 5.56 Å². The molecule has 1 aromatic heterocycles. The molecular formula is C23H24ClN3O5S. The SMILES string of the molecule is Cc1c(CC(=O)O)c(-c2ccc(Cl)cc2)nn1Cc1ccccc1S(=O)(=O)N1CCOCC1. The maximum atomic E-state index is 13.3. The molecule has 0 unspecified atom stereocenters. The number of hydrogen-bond acceptors (Lipinski definition) is 5. The molecule has 1 aliphatic rings. The number of aliphatic carboxylic acids is 1. The summed E-state index contributed by atoms with van der Waals surface area (Å²) in [5, 5.41) is 14.7. The second-order valence-electron chi connectivity index (χ2n) is 7.77. The van der Waals surface area contributed by atoms with Crippen molar-refractivity contribution in [1.29, 1.82) is 0 Å². The lowest BCUT2D eigenvalue weighted by Gasteiger charge is -2.27. The zero-order valence-corrected chi connectivity index (χ0v) is 19.6. The number of morpholine rings is 1. The maximum absolute atomic E-state index is 13.3. The maximum Gasteiger partial charge on any atom is 0.307 e. The van der Waals surface area contributed by atoms with Crippen LogP contribution in [0.25, 0.3) is 11.3 Å². The minimum atomic E-state index is -3.70. The first kappa shape index (κ1) is 23.4. The number of sulfonamides is 1. The van der Waals surface area contributed by atoms with Crippen molar-refractivity contribution in [3.8, 4) is 11.3 Å². The van der Waals surface area contributed by atoms with E-state index in [1.165, 1.54) is 4.31 Å². The first-order valence-electron chi connectivity index (χ1n) is 10.5. The number of benzene rings is 2. The predicted octanol–water partition coefficient (Wildman–Crippen LogP) is 3.21. The smallest absolute Gasteiger partial charge is 0.307 e. The Morgan fingerprint density at radius 3 is 2.45 bits per heavy atom. The average molecular weight is 490 g/mol. The second kappa shape index (κ2) is 9.64. The van der Waals surface area contributed by atoms with Gasteiger partial charge in [-0.1, -0.05) is 41.9 Å². The summed E-state index contributed by atoms with van der Waals surface area (Å²) in [5.74, 6) is -0.969. The summed E-state index contributed by atoms with van der Waals surface area (Å²) in [7, 11) is -3.70. The van der Waals surface area contributed by atoms with Crippen LogP contribution in [0.3, 0.4) is 0 Å². The normalized spacial score (nSPS) is 15.0. The summed E-state index contributed by atoms with van der Waals surface area (Å²) in [4.78, 5) is 11.8. The Morgan fingerprint density at radius 1 is 1.12 bits per heavy atom. The minimum Gasteiger partial charge on any atom is -0.481 e. The molecule has 0 bridgehead atoms. The number of ether oxygens (including phenoxy) is 1. The molecule has 174 valence electrons. The molecular weight excluding hydrogens is 466 g/mol. The highest BCUT2D eigenvalue weighted by molar-refractivity contribution is 7.89. The Bertz CT molecular complexity index is 1270. The molecule has 2 aromatic carbocycles. The molecule has 33 heavy (non-hydrogen) atoms. The van der Waals surface area contributed by atoms with E-state index in [9.17, 15) is 18.3 Å². The van der Waals surface area contributed by atoms with Crippen LogP contribution in [0.5, 0.6) is 0 Å². The number of rotatable bonds is 7. The third kappa shape index (κ3) is 4.96. The third-order valence-corrected chi connectivity index (χ3v) is 7.91. The van der Waals surface area contributed by atoms with Gasteiger partial charge in [-0.15, -0.1) is 0 Å². The highest BCUT2D eigenvalue weighted by Crippen LogP contribution is 2.29. The second-order valence-corrected chi connectivity index (χ2v) is 10.1. The van der Waals surface area contributed by atoms with Crippen LogP contribution in [-0.2, 0) is 32.5 Å². The Kier molecular flexibility index (Phi) is 6.85. The Morgan fingerprint density at radius 2 is 1.79 bits per heavy atom. The van der Waals surface area contributed by atoms with Crippen LogP contribution < -0.4 is 0 Å². The van der Waals surface area contributed by atoms with Crippen LogP contribution in [0.15, 0.2) is 53.4 Å². The molecule has 10 heteroatoms. The molecule has 2 heterocycles. The zero-order valence-electron chi connectivity index (χ0n) is 18.1. The third-order valence-electron chi connectivity index (χ3n) is 5.66. The fraction of sp³-hybridized carbons (Fsp3) is 0.304. The molecule has 0 atom stereocenters. The zero-order chi connectivity index (χ0) is 23.6.